The maximum absolute atomic E-state index is 6.05. The van der Waals surface area contributed by atoms with E-state index in [-0.39, 0.29) is 0 Å². The lowest BCUT2D eigenvalue weighted by Crippen LogP contribution is -2.21. The molecule has 2 N–H and O–H groups in total. The Labute approximate surface area is 163 Å². The zero-order chi connectivity index (χ0) is 16.8. The summed E-state index contributed by atoms with van der Waals surface area (Å²) in [6.45, 7) is 3.31. The quantitative estimate of drug-likeness (QED) is 0.476. The van der Waals surface area contributed by atoms with E-state index in [2.05, 4.69) is 49.1 Å². The third-order valence-corrected chi connectivity index (χ3v) is 6.67. The number of hydrogen-bond donors (Lipinski definition) is 2. The van der Waals surface area contributed by atoms with Crippen LogP contribution in [0.15, 0.2) is 33.4 Å². The first-order valence-corrected chi connectivity index (χ1v) is 10.9. The molecule has 0 atom stereocenters. The molecular formula is C17H19BrClN3S2. The zero-order valence-corrected chi connectivity index (χ0v) is 17.1. The van der Waals surface area contributed by atoms with Crippen LogP contribution in [-0.2, 0) is 6.54 Å². The smallest absolute Gasteiger partial charge is 0.131 e. The fourth-order valence-corrected chi connectivity index (χ4v) is 4.87. The molecule has 0 bridgehead atoms. The molecule has 1 aliphatic rings. The van der Waals surface area contributed by atoms with E-state index >= 15 is 0 Å². The maximum Gasteiger partial charge on any atom is 0.131 e. The van der Waals surface area contributed by atoms with Crippen LogP contribution in [0, 0.1) is 0 Å². The maximum atomic E-state index is 6.05. The Morgan fingerprint density at radius 1 is 1.25 bits per heavy atom. The van der Waals surface area contributed by atoms with Crippen molar-refractivity contribution < 1.29 is 0 Å². The summed E-state index contributed by atoms with van der Waals surface area (Å²) < 4.78 is 2.12. The average molecular weight is 445 g/mol. The van der Waals surface area contributed by atoms with Crippen LogP contribution in [0.4, 0.5) is 5.69 Å². The molecule has 128 valence electrons. The molecule has 3 aromatic rings. The van der Waals surface area contributed by atoms with Crippen molar-refractivity contribution in [1.82, 2.24) is 10.3 Å². The van der Waals surface area contributed by atoms with Crippen molar-refractivity contribution in [2.45, 2.75) is 25.8 Å². The Balaban J connectivity index is 0.000000238. The van der Waals surface area contributed by atoms with Crippen LogP contribution in [0.25, 0.3) is 10.2 Å². The number of anilines is 1. The van der Waals surface area contributed by atoms with Crippen molar-refractivity contribution >= 4 is 66.1 Å². The number of fused-ring (bicyclic) bond motifs is 1. The number of nitrogens with one attached hydrogen (secondary N) is 2. The topological polar surface area (TPSA) is 37.0 Å². The lowest BCUT2D eigenvalue weighted by molar-refractivity contribution is 0.520. The highest BCUT2D eigenvalue weighted by Gasteiger charge is 2.10. The van der Waals surface area contributed by atoms with Crippen molar-refractivity contribution in [3.63, 3.8) is 0 Å². The van der Waals surface area contributed by atoms with E-state index in [0.29, 0.717) is 5.15 Å². The van der Waals surface area contributed by atoms with E-state index < -0.39 is 0 Å². The number of thiophene rings is 2. The molecule has 0 spiro atoms. The summed E-state index contributed by atoms with van der Waals surface area (Å²) in [6, 6.07) is 6.04. The molecule has 0 aromatic carbocycles. The molecule has 3 nitrogen and oxygen atoms in total. The van der Waals surface area contributed by atoms with Crippen LogP contribution in [0.5, 0.6) is 0 Å². The van der Waals surface area contributed by atoms with Gasteiger partial charge < -0.3 is 10.6 Å². The van der Waals surface area contributed by atoms with Crippen molar-refractivity contribution in [2.24, 2.45) is 0 Å². The second-order valence-corrected chi connectivity index (χ2v) is 8.65. The van der Waals surface area contributed by atoms with Gasteiger partial charge in [-0.15, -0.1) is 22.7 Å². The summed E-state index contributed by atoms with van der Waals surface area (Å²) in [4.78, 5) is 5.63. The molecule has 7 heteroatoms. The predicted octanol–water partition coefficient (Wildman–Crippen LogP) is 6.15. The second-order valence-electron chi connectivity index (χ2n) is 5.50. The molecule has 0 unspecified atom stereocenters. The molecule has 3 aromatic heterocycles. The van der Waals surface area contributed by atoms with Gasteiger partial charge in [0.2, 0.25) is 0 Å². The van der Waals surface area contributed by atoms with Crippen LogP contribution >= 0.6 is 50.2 Å². The number of nitrogens with zero attached hydrogens (tertiary/aromatic N) is 1. The molecule has 1 fully saturated rings. The van der Waals surface area contributed by atoms with Gasteiger partial charge in [0.1, 0.15) is 5.15 Å². The van der Waals surface area contributed by atoms with Crippen LogP contribution < -0.4 is 10.6 Å². The van der Waals surface area contributed by atoms with Gasteiger partial charge in [-0.2, -0.15) is 0 Å². The number of pyridine rings is 1. The van der Waals surface area contributed by atoms with Gasteiger partial charge in [0.15, 0.2) is 0 Å². The lowest BCUT2D eigenvalue weighted by Gasteiger charge is -2.08. The number of piperidine rings is 1. The largest absolute Gasteiger partial charge is 0.379 e. The number of hydrogen-bond acceptors (Lipinski definition) is 5. The molecule has 4 rings (SSSR count). The molecule has 0 aliphatic carbocycles. The number of halogens is 2. The van der Waals surface area contributed by atoms with Gasteiger partial charge in [-0.25, -0.2) is 4.98 Å². The highest BCUT2D eigenvalue weighted by atomic mass is 79.9. The van der Waals surface area contributed by atoms with E-state index in [0.717, 1.165) is 26.9 Å². The fourth-order valence-electron chi connectivity index (χ4n) is 2.48. The Bertz CT molecular complexity index is 758. The van der Waals surface area contributed by atoms with Crippen molar-refractivity contribution in [1.29, 1.82) is 0 Å². The minimum absolute atomic E-state index is 0.510. The fraction of sp³-hybridized carbons (Fsp3) is 0.353. The highest BCUT2D eigenvalue weighted by molar-refractivity contribution is 9.10. The van der Waals surface area contributed by atoms with Crippen molar-refractivity contribution in [3.05, 3.63) is 43.5 Å². The van der Waals surface area contributed by atoms with Gasteiger partial charge in [0.25, 0.3) is 0 Å². The summed E-state index contributed by atoms with van der Waals surface area (Å²) in [5.74, 6) is 0. The molecule has 1 aliphatic heterocycles. The summed E-state index contributed by atoms with van der Waals surface area (Å²) in [5, 5.41) is 11.3. The minimum Gasteiger partial charge on any atom is -0.379 e. The Morgan fingerprint density at radius 2 is 2.08 bits per heavy atom. The summed E-state index contributed by atoms with van der Waals surface area (Å²) in [5.41, 5.74) is 1.95. The van der Waals surface area contributed by atoms with E-state index in [1.165, 1.54) is 37.2 Å². The molecule has 1 saturated heterocycles. The lowest BCUT2D eigenvalue weighted by atomic mass is 10.2. The molecular weight excluding hydrogens is 426 g/mol. The van der Waals surface area contributed by atoms with E-state index in [1.807, 2.05) is 11.4 Å². The Kier molecular flexibility index (Phi) is 6.92. The zero-order valence-electron chi connectivity index (χ0n) is 13.1. The van der Waals surface area contributed by atoms with E-state index in [4.69, 9.17) is 11.6 Å². The van der Waals surface area contributed by atoms with Crippen molar-refractivity contribution in [3.8, 4) is 0 Å². The minimum atomic E-state index is 0.510. The van der Waals surface area contributed by atoms with Crippen LogP contribution in [0.3, 0.4) is 0 Å². The van der Waals surface area contributed by atoms with Gasteiger partial charge in [-0.05, 0) is 53.3 Å². The van der Waals surface area contributed by atoms with Crippen molar-refractivity contribution in [2.75, 3.05) is 18.4 Å². The highest BCUT2D eigenvalue weighted by Crippen LogP contribution is 2.35. The van der Waals surface area contributed by atoms with Gasteiger partial charge in [-0.3, -0.25) is 0 Å². The van der Waals surface area contributed by atoms with Crippen LogP contribution in [0.2, 0.25) is 5.15 Å². The first-order chi connectivity index (χ1) is 11.7. The second kappa shape index (κ2) is 9.15. The molecule has 0 radical (unpaired) electrons. The van der Waals surface area contributed by atoms with Gasteiger partial charge in [-0.1, -0.05) is 24.1 Å². The van der Waals surface area contributed by atoms with Gasteiger partial charge in [0.05, 0.1) is 20.4 Å². The monoisotopic (exact) mass is 443 g/mol. The van der Waals surface area contributed by atoms with Crippen LogP contribution in [-0.4, -0.2) is 18.1 Å². The third-order valence-electron chi connectivity index (χ3n) is 3.69. The van der Waals surface area contributed by atoms with Gasteiger partial charge in [0, 0.05) is 22.9 Å². The first-order valence-electron chi connectivity index (χ1n) is 7.94. The Morgan fingerprint density at radius 3 is 2.71 bits per heavy atom. The number of rotatable bonds is 3. The summed E-state index contributed by atoms with van der Waals surface area (Å²) in [7, 11) is 0. The summed E-state index contributed by atoms with van der Waals surface area (Å²) >= 11 is 12.9. The van der Waals surface area contributed by atoms with Gasteiger partial charge >= 0.3 is 0 Å². The predicted molar refractivity (Wildman–Crippen MR) is 111 cm³/mol. The van der Waals surface area contributed by atoms with E-state index in [1.54, 1.807) is 22.7 Å². The molecule has 0 saturated carbocycles. The average Bonchev–Trinajstić information content (AvgIpc) is 3.25. The first kappa shape index (κ1) is 18.1. The van der Waals surface area contributed by atoms with E-state index in [9.17, 15) is 0 Å². The standard InChI is InChI=1S/C12H8BrClN2S2.C5H11N/c13-8-6-18-12-9(4-10(14)16-11(8)12)15-5-7-2-1-3-17-7;1-2-4-6-5-3-1/h1-4,6H,5H2,(H,15,16);6H,1-5H2. The molecule has 24 heavy (non-hydrogen) atoms. The SMILES string of the molecule is C1CCNCC1.Clc1cc(NCc2cccs2)c2scc(Br)c2n1. The normalized spacial score (nSPS) is 14.2. The summed E-state index contributed by atoms with van der Waals surface area (Å²) in [6.07, 6.45) is 4.22. The third kappa shape index (κ3) is 4.92. The molecule has 0 amide bonds. The van der Waals surface area contributed by atoms with Crippen LogP contribution in [0.1, 0.15) is 24.1 Å². The number of aromatic nitrogens is 1. The molecule has 4 heterocycles. The Hall–Kier alpha value is -0.660.